The molecule has 0 bridgehead atoms. The molecule has 1 atom stereocenters. The van der Waals surface area contributed by atoms with E-state index in [9.17, 15) is 0 Å². The van der Waals surface area contributed by atoms with Gasteiger partial charge in [-0.3, -0.25) is 10.2 Å². The summed E-state index contributed by atoms with van der Waals surface area (Å²) in [7, 11) is 1.87. The van der Waals surface area contributed by atoms with Crippen molar-refractivity contribution in [3.8, 4) is 0 Å². The summed E-state index contributed by atoms with van der Waals surface area (Å²) in [5.41, 5.74) is 0. The molecule has 0 aromatic carbocycles. The van der Waals surface area contributed by atoms with Crippen LogP contribution in [0.15, 0.2) is 5.28 Å². The van der Waals surface area contributed by atoms with Crippen LogP contribution in [0.5, 0.6) is 0 Å². The van der Waals surface area contributed by atoms with Crippen LogP contribution in [0.2, 0.25) is 0 Å². The second kappa shape index (κ2) is 7.36. The van der Waals surface area contributed by atoms with Crippen LogP contribution in [0, 0.1) is 5.41 Å². The highest BCUT2D eigenvalue weighted by Crippen LogP contribution is 2.14. The molecule has 0 aromatic heterocycles. The Kier molecular flexibility index (Phi) is 6.04. The molecule has 0 spiro atoms. The minimum atomic E-state index is 0.0793. The lowest BCUT2D eigenvalue weighted by atomic mass is 10.1. The van der Waals surface area contributed by atoms with Crippen molar-refractivity contribution in [2.24, 2.45) is 5.28 Å². The molecule has 1 unspecified atom stereocenters. The molecule has 92 valence electrons. The number of nitrogens with one attached hydrogen (secondary N) is 1. The van der Waals surface area contributed by atoms with Gasteiger partial charge in [-0.05, 0) is 6.42 Å². The standard InChI is InChI=1S/C12H24N3O/c1-3-4-5-6-7-8-9-10-11-12(13)16-14-15(11)2/h11,13H,3-10H2,1-2H3/q+1. The molecule has 0 aliphatic carbocycles. The summed E-state index contributed by atoms with van der Waals surface area (Å²) in [4.78, 5) is 4.82. The van der Waals surface area contributed by atoms with Crippen molar-refractivity contribution < 1.29 is 9.53 Å². The Bertz CT molecular complexity index is 251. The summed E-state index contributed by atoms with van der Waals surface area (Å²) in [6.07, 6.45) is 10.1. The van der Waals surface area contributed by atoms with Gasteiger partial charge in [0.15, 0.2) is 12.3 Å². The van der Waals surface area contributed by atoms with E-state index in [1.165, 1.54) is 44.9 Å². The fourth-order valence-electron chi connectivity index (χ4n) is 2.01. The molecule has 1 aliphatic rings. The topological polar surface area (TPSA) is 48.4 Å². The molecule has 16 heavy (non-hydrogen) atoms. The van der Waals surface area contributed by atoms with Gasteiger partial charge in [0, 0.05) is 6.42 Å². The molecule has 0 radical (unpaired) electrons. The van der Waals surface area contributed by atoms with Crippen LogP contribution < -0.4 is 0 Å². The third kappa shape index (κ3) is 4.29. The Balaban J connectivity index is 1.99. The second-order valence-electron chi connectivity index (χ2n) is 4.54. The van der Waals surface area contributed by atoms with Gasteiger partial charge in [0.05, 0.1) is 0 Å². The highest BCUT2D eigenvalue weighted by molar-refractivity contribution is 5.77. The van der Waals surface area contributed by atoms with Crippen molar-refractivity contribution in [2.75, 3.05) is 7.05 Å². The largest absolute Gasteiger partial charge is 0.294 e. The summed E-state index contributed by atoms with van der Waals surface area (Å²) in [6, 6.07) is 0.0793. The van der Waals surface area contributed by atoms with E-state index in [1.807, 2.05) is 7.05 Å². The maximum Gasteiger partial charge on any atom is 0.294 e. The molecule has 0 aromatic rings. The first-order chi connectivity index (χ1) is 7.75. The Morgan fingerprint density at radius 3 is 2.38 bits per heavy atom. The molecular weight excluding hydrogens is 202 g/mol. The lowest BCUT2D eigenvalue weighted by Crippen LogP contribution is -2.24. The van der Waals surface area contributed by atoms with E-state index >= 15 is 0 Å². The number of hydrogen-bond acceptors (Lipinski definition) is 3. The van der Waals surface area contributed by atoms with Crippen LogP contribution in [0.1, 0.15) is 58.3 Å². The zero-order valence-electron chi connectivity index (χ0n) is 10.5. The van der Waals surface area contributed by atoms with Crippen LogP contribution in [0.4, 0.5) is 0 Å². The van der Waals surface area contributed by atoms with E-state index in [1.54, 1.807) is 4.70 Å². The van der Waals surface area contributed by atoms with Crippen molar-refractivity contribution in [1.82, 2.24) is 0 Å². The van der Waals surface area contributed by atoms with Crippen molar-refractivity contribution in [3.63, 3.8) is 0 Å². The Hall–Kier alpha value is -0.930. The predicted molar refractivity (Wildman–Crippen MR) is 63.8 cm³/mol. The van der Waals surface area contributed by atoms with Gasteiger partial charge in [-0.25, -0.2) is 0 Å². The Morgan fingerprint density at radius 1 is 1.19 bits per heavy atom. The van der Waals surface area contributed by atoms with Crippen LogP contribution in [-0.4, -0.2) is 23.7 Å². The van der Waals surface area contributed by atoms with E-state index in [-0.39, 0.29) is 6.04 Å². The van der Waals surface area contributed by atoms with Crippen molar-refractivity contribution in [3.05, 3.63) is 0 Å². The molecule has 1 aliphatic heterocycles. The Labute approximate surface area is 98.2 Å². The molecule has 1 N–H and O–H groups in total. The van der Waals surface area contributed by atoms with Gasteiger partial charge in [0.2, 0.25) is 0 Å². The smallest absolute Gasteiger partial charge is 0.285 e. The molecule has 1 heterocycles. The summed E-state index contributed by atoms with van der Waals surface area (Å²) in [5.74, 6) is 0.300. The second-order valence-corrected chi connectivity index (χ2v) is 4.54. The monoisotopic (exact) mass is 226 g/mol. The minimum Gasteiger partial charge on any atom is -0.285 e. The molecule has 0 saturated heterocycles. The van der Waals surface area contributed by atoms with E-state index in [0.717, 1.165) is 6.42 Å². The molecule has 0 saturated carbocycles. The fraction of sp³-hybridized carbons (Fsp3) is 0.917. The Morgan fingerprint density at radius 2 is 1.81 bits per heavy atom. The van der Waals surface area contributed by atoms with E-state index in [0.29, 0.717) is 5.90 Å². The lowest BCUT2D eigenvalue weighted by Gasteiger charge is -2.03. The average Bonchev–Trinajstić information content (AvgIpc) is 2.59. The van der Waals surface area contributed by atoms with Crippen molar-refractivity contribution >= 4 is 5.90 Å². The van der Waals surface area contributed by atoms with Gasteiger partial charge >= 0.3 is 0 Å². The summed E-state index contributed by atoms with van der Waals surface area (Å²) < 4.78 is 1.75. The van der Waals surface area contributed by atoms with E-state index < -0.39 is 0 Å². The third-order valence-corrected chi connectivity index (χ3v) is 3.10. The van der Waals surface area contributed by atoms with Crippen molar-refractivity contribution in [1.29, 1.82) is 5.41 Å². The normalized spacial score (nSPS) is 19.8. The SMILES string of the molecule is CCCCCCCCCC1C(=N)ON=[N+]1C. The maximum absolute atomic E-state index is 7.55. The summed E-state index contributed by atoms with van der Waals surface area (Å²) >= 11 is 0. The number of hydrogen-bond donors (Lipinski definition) is 1. The number of unbranched alkanes of at least 4 members (excludes halogenated alkanes) is 6. The van der Waals surface area contributed by atoms with Gasteiger partial charge in [-0.2, -0.15) is 0 Å². The molecular formula is C12H24N3O+. The summed E-state index contributed by atoms with van der Waals surface area (Å²) in [6.45, 7) is 2.24. The molecule has 4 heteroatoms. The fourth-order valence-corrected chi connectivity index (χ4v) is 2.01. The highest BCUT2D eigenvalue weighted by atomic mass is 16.7. The molecule has 0 fully saturated rings. The molecule has 0 amide bonds. The first-order valence-corrected chi connectivity index (χ1v) is 6.45. The number of nitrogens with zero attached hydrogens (tertiary/aromatic N) is 2. The van der Waals surface area contributed by atoms with Gasteiger partial charge in [0.25, 0.3) is 11.9 Å². The average molecular weight is 226 g/mol. The maximum atomic E-state index is 7.55. The zero-order valence-corrected chi connectivity index (χ0v) is 10.5. The van der Waals surface area contributed by atoms with Gasteiger partial charge in [-0.1, -0.05) is 50.1 Å². The molecule has 1 rings (SSSR count). The van der Waals surface area contributed by atoms with Crippen molar-refractivity contribution in [2.45, 2.75) is 64.3 Å². The van der Waals surface area contributed by atoms with Gasteiger partial charge in [0.1, 0.15) is 0 Å². The first-order valence-electron chi connectivity index (χ1n) is 6.45. The highest BCUT2D eigenvalue weighted by Gasteiger charge is 2.33. The summed E-state index contributed by atoms with van der Waals surface area (Å²) in [5, 5.41) is 11.3. The lowest BCUT2D eigenvalue weighted by molar-refractivity contribution is -0.589. The number of likely N-dealkylation sites (N-methyl/N-ethyl adjacent to an activating group) is 1. The third-order valence-electron chi connectivity index (χ3n) is 3.10. The van der Waals surface area contributed by atoms with Crippen LogP contribution in [-0.2, 0) is 4.84 Å². The number of rotatable bonds is 8. The minimum absolute atomic E-state index is 0.0793. The van der Waals surface area contributed by atoms with E-state index in [4.69, 9.17) is 10.2 Å². The van der Waals surface area contributed by atoms with Crippen LogP contribution in [0.3, 0.4) is 0 Å². The first kappa shape index (κ1) is 13.1. The van der Waals surface area contributed by atoms with Gasteiger partial charge < -0.3 is 0 Å². The molecule has 4 nitrogen and oxygen atoms in total. The van der Waals surface area contributed by atoms with E-state index in [2.05, 4.69) is 12.2 Å². The predicted octanol–water partition coefficient (Wildman–Crippen LogP) is 3.51. The zero-order chi connectivity index (χ0) is 11.8. The van der Waals surface area contributed by atoms with Crippen LogP contribution in [0.25, 0.3) is 0 Å². The van der Waals surface area contributed by atoms with Crippen LogP contribution >= 0.6 is 0 Å². The van der Waals surface area contributed by atoms with Gasteiger partial charge in [-0.15, -0.1) is 0 Å². The quantitative estimate of drug-likeness (QED) is 0.499.